The zero-order valence-electron chi connectivity index (χ0n) is 11.7. The lowest BCUT2D eigenvalue weighted by Crippen LogP contribution is -2.39. The number of sulfonamides is 1. The Bertz CT molecular complexity index is 637. The summed E-state index contributed by atoms with van der Waals surface area (Å²) in [6.45, 7) is 0.662. The Morgan fingerprint density at radius 3 is 2.67 bits per heavy atom. The van der Waals surface area contributed by atoms with E-state index in [2.05, 4.69) is 11.8 Å². The molecule has 1 fully saturated rings. The van der Waals surface area contributed by atoms with E-state index in [4.69, 9.17) is 5.11 Å². The molecule has 114 valence electrons. The van der Waals surface area contributed by atoms with E-state index in [0.717, 1.165) is 0 Å². The van der Waals surface area contributed by atoms with E-state index in [9.17, 15) is 13.5 Å². The van der Waals surface area contributed by atoms with Gasteiger partial charge in [0.1, 0.15) is 0 Å². The van der Waals surface area contributed by atoms with Crippen LogP contribution in [0.2, 0.25) is 0 Å². The molecule has 2 rings (SSSR count). The first kappa shape index (κ1) is 16.0. The van der Waals surface area contributed by atoms with Crippen LogP contribution in [0.5, 0.6) is 0 Å². The van der Waals surface area contributed by atoms with Crippen LogP contribution in [0.25, 0.3) is 0 Å². The number of nitrogens with zero attached hydrogens (tertiary/aromatic N) is 1. The first-order chi connectivity index (χ1) is 10.0. The number of hydrogen-bond acceptors (Lipinski definition) is 4. The van der Waals surface area contributed by atoms with Crippen LogP contribution in [-0.4, -0.2) is 48.7 Å². The van der Waals surface area contributed by atoms with E-state index >= 15 is 0 Å². The summed E-state index contributed by atoms with van der Waals surface area (Å²) in [5.41, 5.74) is 0.613. The number of piperidine rings is 1. The molecule has 0 amide bonds. The van der Waals surface area contributed by atoms with Crippen LogP contribution < -0.4 is 0 Å². The SMILES string of the molecule is O=S(=O)(c1cccc(C#CCCO)c1)N1CCC(O)CC1. The average Bonchev–Trinajstić information content (AvgIpc) is 2.48. The standard InChI is InChI=1S/C15H19NO4S/c17-11-2-1-4-13-5-3-6-15(12-13)21(19,20)16-9-7-14(18)8-10-16/h3,5-6,12,14,17-18H,2,7-11H2. The minimum absolute atomic E-state index is 0.0128. The second-order valence-electron chi connectivity index (χ2n) is 4.94. The Kier molecular flexibility index (Phi) is 5.37. The highest BCUT2D eigenvalue weighted by Gasteiger charge is 2.28. The zero-order chi connectivity index (χ0) is 15.3. The molecular formula is C15H19NO4S. The second kappa shape index (κ2) is 7.05. The maximum atomic E-state index is 12.5. The molecule has 1 aromatic carbocycles. The van der Waals surface area contributed by atoms with E-state index in [1.165, 1.54) is 4.31 Å². The monoisotopic (exact) mass is 309 g/mol. The lowest BCUT2D eigenvalue weighted by Gasteiger charge is -2.28. The molecule has 0 atom stereocenters. The second-order valence-corrected chi connectivity index (χ2v) is 6.88. The van der Waals surface area contributed by atoms with Crippen molar-refractivity contribution in [1.29, 1.82) is 0 Å². The summed E-state index contributed by atoms with van der Waals surface area (Å²) >= 11 is 0. The molecule has 0 aromatic heterocycles. The number of benzene rings is 1. The van der Waals surface area contributed by atoms with E-state index in [1.54, 1.807) is 24.3 Å². The van der Waals surface area contributed by atoms with E-state index in [-0.39, 0.29) is 11.5 Å². The van der Waals surface area contributed by atoms with Gasteiger partial charge in [0.2, 0.25) is 10.0 Å². The largest absolute Gasteiger partial charge is 0.395 e. The van der Waals surface area contributed by atoms with Gasteiger partial charge >= 0.3 is 0 Å². The quantitative estimate of drug-likeness (QED) is 0.800. The van der Waals surface area contributed by atoms with Crippen molar-refractivity contribution in [2.24, 2.45) is 0 Å². The molecule has 1 aliphatic rings. The number of aliphatic hydroxyl groups excluding tert-OH is 2. The van der Waals surface area contributed by atoms with Gasteiger partial charge in [0.05, 0.1) is 17.6 Å². The summed E-state index contributed by atoms with van der Waals surface area (Å²) in [7, 11) is -3.53. The predicted octanol–water partition coefficient (Wildman–Crippen LogP) is 0.566. The molecule has 0 radical (unpaired) electrons. The van der Waals surface area contributed by atoms with E-state index in [0.29, 0.717) is 37.9 Å². The van der Waals surface area contributed by atoms with Gasteiger partial charge in [0, 0.05) is 25.1 Å². The average molecular weight is 309 g/mol. The third-order valence-corrected chi connectivity index (χ3v) is 5.26. The first-order valence-corrected chi connectivity index (χ1v) is 8.36. The fourth-order valence-corrected chi connectivity index (χ4v) is 3.70. The molecule has 0 saturated carbocycles. The molecule has 0 bridgehead atoms. The van der Waals surface area contributed by atoms with Gasteiger partial charge in [-0.3, -0.25) is 0 Å². The van der Waals surface area contributed by atoms with Crippen LogP contribution in [0.15, 0.2) is 29.2 Å². The van der Waals surface area contributed by atoms with Crippen LogP contribution in [0.4, 0.5) is 0 Å². The number of rotatable bonds is 3. The van der Waals surface area contributed by atoms with Crippen molar-refractivity contribution in [1.82, 2.24) is 4.31 Å². The maximum Gasteiger partial charge on any atom is 0.243 e. The minimum atomic E-state index is -3.53. The summed E-state index contributed by atoms with van der Waals surface area (Å²) < 4.78 is 26.5. The fraction of sp³-hybridized carbons (Fsp3) is 0.467. The summed E-state index contributed by atoms with van der Waals surface area (Å²) in [5.74, 6) is 5.61. The summed E-state index contributed by atoms with van der Waals surface area (Å²) in [4.78, 5) is 0.217. The molecule has 1 aliphatic heterocycles. The van der Waals surface area contributed by atoms with E-state index < -0.39 is 16.1 Å². The minimum Gasteiger partial charge on any atom is -0.395 e. The molecule has 1 aromatic rings. The molecular weight excluding hydrogens is 290 g/mol. The lowest BCUT2D eigenvalue weighted by molar-refractivity contribution is 0.113. The molecule has 1 heterocycles. The van der Waals surface area contributed by atoms with Gasteiger partial charge in [-0.2, -0.15) is 4.31 Å². The molecule has 21 heavy (non-hydrogen) atoms. The summed E-state index contributed by atoms with van der Waals surface area (Å²) in [5, 5.41) is 18.2. The molecule has 5 nitrogen and oxygen atoms in total. The van der Waals surface area contributed by atoms with Gasteiger partial charge in [-0.05, 0) is 31.0 Å². The van der Waals surface area contributed by atoms with Crippen LogP contribution in [0.3, 0.4) is 0 Å². The van der Waals surface area contributed by atoms with Gasteiger partial charge < -0.3 is 10.2 Å². The van der Waals surface area contributed by atoms with Gasteiger partial charge in [-0.25, -0.2) is 8.42 Å². The Balaban J connectivity index is 2.21. The fourth-order valence-electron chi connectivity index (χ4n) is 2.19. The highest BCUT2D eigenvalue weighted by Crippen LogP contribution is 2.21. The van der Waals surface area contributed by atoms with Gasteiger partial charge in [0.25, 0.3) is 0 Å². The lowest BCUT2D eigenvalue weighted by atomic mass is 10.1. The van der Waals surface area contributed by atoms with Crippen molar-refractivity contribution in [3.05, 3.63) is 29.8 Å². The first-order valence-electron chi connectivity index (χ1n) is 6.92. The predicted molar refractivity (Wildman–Crippen MR) is 79.0 cm³/mol. The summed E-state index contributed by atoms with van der Waals surface area (Å²) in [6.07, 6.45) is 0.887. The van der Waals surface area contributed by atoms with Crippen molar-refractivity contribution in [3.8, 4) is 11.8 Å². The normalized spacial score (nSPS) is 17.2. The Morgan fingerprint density at radius 1 is 1.29 bits per heavy atom. The maximum absolute atomic E-state index is 12.5. The van der Waals surface area contributed by atoms with Crippen molar-refractivity contribution in [2.75, 3.05) is 19.7 Å². The summed E-state index contributed by atoms with van der Waals surface area (Å²) in [6, 6.07) is 6.50. The molecule has 1 saturated heterocycles. The van der Waals surface area contributed by atoms with Crippen LogP contribution >= 0.6 is 0 Å². The van der Waals surface area contributed by atoms with Gasteiger partial charge in [-0.15, -0.1) is 0 Å². The highest BCUT2D eigenvalue weighted by molar-refractivity contribution is 7.89. The van der Waals surface area contributed by atoms with Crippen LogP contribution in [0, 0.1) is 11.8 Å². The van der Waals surface area contributed by atoms with Gasteiger partial charge in [-0.1, -0.05) is 17.9 Å². The zero-order valence-corrected chi connectivity index (χ0v) is 12.5. The smallest absolute Gasteiger partial charge is 0.243 e. The Hall–Kier alpha value is -1.39. The van der Waals surface area contributed by atoms with Crippen LogP contribution in [0.1, 0.15) is 24.8 Å². The third kappa shape index (κ3) is 4.05. The Morgan fingerprint density at radius 2 is 2.00 bits per heavy atom. The molecule has 0 unspecified atom stereocenters. The number of hydrogen-bond donors (Lipinski definition) is 2. The molecule has 0 aliphatic carbocycles. The van der Waals surface area contributed by atoms with Crippen LogP contribution in [-0.2, 0) is 10.0 Å². The van der Waals surface area contributed by atoms with Gasteiger partial charge in [0.15, 0.2) is 0 Å². The van der Waals surface area contributed by atoms with Crippen molar-refractivity contribution in [2.45, 2.75) is 30.3 Å². The molecule has 2 N–H and O–H groups in total. The Labute approximate surface area is 125 Å². The topological polar surface area (TPSA) is 77.8 Å². The van der Waals surface area contributed by atoms with Crippen molar-refractivity contribution >= 4 is 10.0 Å². The highest BCUT2D eigenvalue weighted by atomic mass is 32.2. The van der Waals surface area contributed by atoms with Crippen molar-refractivity contribution in [3.63, 3.8) is 0 Å². The van der Waals surface area contributed by atoms with Crippen molar-refractivity contribution < 1.29 is 18.6 Å². The van der Waals surface area contributed by atoms with E-state index in [1.807, 2.05) is 0 Å². The number of aliphatic hydroxyl groups is 2. The molecule has 6 heteroatoms. The molecule has 0 spiro atoms. The third-order valence-electron chi connectivity index (χ3n) is 3.36.